The Hall–Kier alpha value is -3.15. The fourth-order valence-corrected chi connectivity index (χ4v) is 2.94. The molecule has 0 fully saturated rings. The summed E-state index contributed by atoms with van der Waals surface area (Å²) in [6, 6.07) is 9.47. The topological polar surface area (TPSA) is 77.0 Å². The summed E-state index contributed by atoms with van der Waals surface area (Å²) >= 11 is 0. The highest BCUT2D eigenvalue weighted by Crippen LogP contribution is 2.25. The maximum absolute atomic E-state index is 12.5. The third-order valence-corrected chi connectivity index (χ3v) is 4.07. The summed E-state index contributed by atoms with van der Waals surface area (Å²) in [5, 5.41) is 0. The highest BCUT2D eigenvalue weighted by molar-refractivity contribution is 5.37. The molecule has 6 heteroatoms. The lowest BCUT2D eigenvalue weighted by Crippen LogP contribution is -2.33. The number of rotatable bonds is 5. The maximum Gasteiger partial charge on any atom is 0.331 e. The summed E-state index contributed by atoms with van der Waals surface area (Å²) in [5.41, 5.74) is 2.45. The first-order chi connectivity index (χ1) is 12.5. The number of aromatic nitrogens is 3. The van der Waals surface area contributed by atoms with Crippen LogP contribution >= 0.6 is 0 Å². The molecule has 3 aromatic rings. The zero-order valence-electron chi connectivity index (χ0n) is 15.1. The van der Waals surface area contributed by atoms with Gasteiger partial charge in [0.15, 0.2) is 0 Å². The van der Waals surface area contributed by atoms with Gasteiger partial charge in [-0.2, -0.15) is 0 Å². The molecule has 0 saturated heterocycles. The van der Waals surface area contributed by atoms with Crippen LogP contribution in [0.25, 0.3) is 0 Å². The number of hydrogen-bond donors (Lipinski definition) is 1. The molecule has 0 spiro atoms. The number of pyridine rings is 1. The summed E-state index contributed by atoms with van der Waals surface area (Å²) in [4.78, 5) is 31.2. The molecule has 6 nitrogen and oxygen atoms in total. The molecule has 134 valence electrons. The van der Waals surface area contributed by atoms with Gasteiger partial charge < -0.3 is 4.74 Å². The Morgan fingerprint density at radius 2 is 1.88 bits per heavy atom. The van der Waals surface area contributed by atoms with Crippen LogP contribution in [0.2, 0.25) is 0 Å². The van der Waals surface area contributed by atoms with E-state index in [2.05, 4.69) is 9.97 Å². The lowest BCUT2D eigenvalue weighted by atomic mass is 10.1. The zero-order chi connectivity index (χ0) is 18.7. The molecule has 0 bridgehead atoms. The smallest absolute Gasteiger partial charge is 0.331 e. The Balaban J connectivity index is 2.14. The second kappa shape index (κ2) is 7.39. The fourth-order valence-electron chi connectivity index (χ4n) is 2.94. The number of aromatic amines is 1. The van der Waals surface area contributed by atoms with Crippen molar-refractivity contribution in [1.82, 2.24) is 14.5 Å². The van der Waals surface area contributed by atoms with E-state index < -0.39 is 11.2 Å². The van der Waals surface area contributed by atoms with Crippen molar-refractivity contribution in [2.75, 3.05) is 0 Å². The summed E-state index contributed by atoms with van der Waals surface area (Å²) in [5.74, 6) is 0.872. The van der Waals surface area contributed by atoms with Gasteiger partial charge in [-0.3, -0.25) is 19.3 Å². The molecule has 2 aromatic heterocycles. The molecule has 0 unspecified atom stereocenters. The minimum absolute atomic E-state index is 0.261. The van der Waals surface area contributed by atoms with E-state index in [0.29, 0.717) is 17.7 Å². The highest BCUT2D eigenvalue weighted by atomic mass is 16.5. The molecule has 0 saturated carbocycles. The van der Waals surface area contributed by atoms with E-state index in [1.165, 1.54) is 4.57 Å². The summed E-state index contributed by atoms with van der Waals surface area (Å²) in [6.45, 7) is 6.07. The monoisotopic (exact) mass is 351 g/mol. The lowest BCUT2D eigenvalue weighted by molar-refractivity contribution is 0.413. The number of nitrogens with zero attached hydrogens (tertiary/aromatic N) is 2. The summed E-state index contributed by atoms with van der Waals surface area (Å²) < 4.78 is 7.49. The van der Waals surface area contributed by atoms with Gasteiger partial charge in [-0.05, 0) is 55.2 Å². The van der Waals surface area contributed by atoms with Crippen LogP contribution in [0.5, 0.6) is 11.6 Å². The minimum Gasteiger partial charge on any atom is -0.440 e. The molecule has 0 aliphatic heterocycles. The van der Waals surface area contributed by atoms with Crippen molar-refractivity contribution < 1.29 is 4.74 Å². The third kappa shape index (κ3) is 3.74. The first-order valence-corrected chi connectivity index (χ1v) is 8.49. The standard InChI is InChI=1S/C20H21N3O3/c1-4-17-18(24)22-20(25)23(12-15-6-5-7-21-11-15)19(17)26-16-9-13(2)8-14(3)10-16/h5-11H,4,12H2,1-3H3,(H,22,24,25). The second-order valence-electron chi connectivity index (χ2n) is 6.27. The minimum atomic E-state index is -0.504. The van der Waals surface area contributed by atoms with E-state index in [1.807, 2.05) is 45.0 Å². The third-order valence-electron chi connectivity index (χ3n) is 4.07. The van der Waals surface area contributed by atoms with Gasteiger partial charge in [0.1, 0.15) is 5.75 Å². The molecule has 0 atom stereocenters. The molecule has 0 amide bonds. The van der Waals surface area contributed by atoms with E-state index >= 15 is 0 Å². The molecule has 0 radical (unpaired) electrons. The Kier molecular flexibility index (Phi) is 5.02. The quantitative estimate of drug-likeness (QED) is 0.767. The maximum atomic E-state index is 12.5. The average molecular weight is 351 g/mol. The molecular formula is C20H21N3O3. The summed E-state index contributed by atoms with van der Waals surface area (Å²) in [7, 11) is 0. The van der Waals surface area contributed by atoms with E-state index in [0.717, 1.165) is 16.7 Å². The largest absolute Gasteiger partial charge is 0.440 e. The molecule has 1 N–H and O–H groups in total. The fraction of sp³-hybridized carbons (Fsp3) is 0.250. The van der Waals surface area contributed by atoms with Gasteiger partial charge >= 0.3 is 5.69 Å². The number of benzene rings is 1. The van der Waals surface area contributed by atoms with Gasteiger partial charge in [-0.1, -0.05) is 19.1 Å². The number of aryl methyl sites for hydroxylation is 2. The predicted octanol–water partition coefficient (Wildman–Crippen LogP) is 2.95. The van der Waals surface area contributed by atoms with Gasteiger partial charge in [-0.25, -0.2) is 4.79 Å². The van der Waals surface area contributed by atoms with Crippen LogP contribution < -0.4 is 16.0 Å². The number of hydrogen-bond acceptors (Lipinski definition) is 4. The first-order valence-electron chi connectivity index (χ1n) is 8.49. The Bertz CT molecular complexity index is 1020. The molecule has 3 rings (SSSR count). The molecule has 0 aliphatic carbocycles. The van der Waals surface area contributed by atoms with Gasteiger partial charge in [0.05, 0.1) is 12.1 Å². The Morgan fingerprint density at radius 1 is 1.15 bits per heavy atom. The highest BCUT2D eigenvalue weighted by Gasteiger charge is 2.17. The summed E-state index contributed by atoms with van der Waals surface area (Å²) in [6.07, 6.45) is 3.80. The van der Waals surface area contributed by atoms with Crippen molar-refractivity contribution in [3.63, 3.8) is 0 Å². The van der Waals surface area contributed by atoms with Gasteiger partial charge in [-0.15, -0.1) is 0 Å². The van der Waals surface area contributed by atoms with E-state index in [-0.39, 0.29) is 12.4 Å². The second-order valence-corrected chi connectivity index (χ2v) is 6.27. The van der Waals surface area contributed by atoms with E-state index in [4.69, 9.17) is 4.74 Å². The van der Waals surface area contributed by atoms with Crippen molar-refractivity contribution in [1.29, 1.82) is 0 Å². The van der Waals surface area contributed by atoms with Crippen LogP contribution in [0.4, 0.5) is 0 Å². The molecular weight excluding hydrogens is 330 g/mol. The van der Waals surface area contributed by atoms with Crippen LogP contribution in [-0.4, -0.2) is 14.5 Å². The van der Waals surface area contributed by atoms with Crippen molar-refractivity contribution in [2.45, 2.75) is 33.7 Å². The number of H-pyrrole nitrogens is 1. The molecule has 0 aliphatic rings. The van der Waals surface area contributed by atoms with Gasteiger partial charge in [0.2, 0.25) is 5.88 Å². The van der Waals surface area contributed by atoms with Crippen LogP contribution in [0.1, 0.15) is 29.2 Å². The first kappa shape index (κ1) is 17.7. The van der Waals surface area contributed by atoms with Crippen LogP contribution in [0.15, 0.2) is 52.3 Å². The average Bonchev–Trinajstić information content (AvgIpc) is 2.58. The van der Waals surface area contributed by atoms with Gasteiger partial charge in [0.25, 0.3) is 5.56 Å². The van der Waals surface area contributed by atoms with Crippen molar-refractivity contribution >= 4 is 0 Å². The Morgan fingerprint density at radius 3 is 2.50 bits per heavy atom. The van der Waals surface area contributed by atoms with Crippen molar-refractivity contribution in [3.05, 3.63) is 85.8 Å². The van der Waals surface area contributed by atoms with Crippen LogP contribution in [-0.2, 0) is 13.0 Å². The number of ether oxygens (including phenoxy) is 1. The molecule has 2 heterocycles. The molecule has 26 heavy (non-hydrogen) atoms. The van der Waals surface area contributed by atoms with Crippen molar-refractivity contribution in [2.24, 2.45) is 0 Å². The predicted molar refractivity (Wildman–Crippen MR) is 100 cm³/mol. The van der Waals surface area contributed by atoms with Crippen LogP contribution in [0.3, 0.4) is 0 Å². The van der Waals surface area contributed by atoms with Crippen molar-refractivity contribution in [3.8, 4) is 11.6 Å². The van der Waals surface area contributed by atoms with Gasteiger partial charge in [0, 0.05) is 12.4 Å². The number of nitrogens with one attached hydrogen (secondary N) is 1. The normalized spacial score (nSPS) is 10.7. The Labute approximate surface area is 151 Å². The SMILES string of the molecule is CCc1c(Oc2cc(C)cc(C)c2)n(Cc2cccnc2)c(=O)[nH]c1=O. The van der Waals surface area contributed by atoms with Crippen LogP contribution in [0, 0.1) is 13.8 Å². The molecule has 1 aromatic carbocycles. The van der Waals surface area contributed by atoms with E-state index in [1.54, 1.807) is 18.5 Å². The lowest BCUT2D eigenvalue weighted by Gasteiger charge is -2.16. The zero-order valence-corrected chi connectivity index (χ0v) is 15.1. The van der Waals surface area contributed by atoms with E-state index in [9.17, 15) is 9.59 Å².